The van der Waals surface area contributed by atoms with E-state index < -0.39 is 0 Å². The average Bonchev–Trinajstić information content (AvgIpc) is 3.44. The quantitative estimate of drug-likeness (QED) is 0.664. The molecule has 138 valence electrons. The lowest BCUT2D eigenvalue weighted by atomic mass is 9.92. The van der Waals surface area contributed by atoms with E-state index in [9.17, 15) is 5.26 Å². The Labute approximate surface area is 165 Å². The lowest BCUT2D eigenvalue weighted by Gasteiger charge is -2.37. The van der Waals surface area contributed by atoms with Crippen molar-refractivity contribution >= 4 is 28.2 Å². The minimum absolute atomic E-state index is 0.482. The fourth-order valence-electron chi connectivity index (χ4n) is 4.64. The van der Waals surface area contributed by atoms with Crippen LogP contribution < -0.4 is 0 Å². The number of nitrogens with zero attached hydrogens (tertiary/aromatic N) is 3. The Kier molecular flexibility index (Phi) is 4.06. The van der Waals surface area contributed by atoms with E-state index in [4.69, 9.17) is 11.6 Å². The van der Waals surface area contributed by atoms with Gasteiger partial charge >= 0.3 is 0 Å². The molecule has 27 heavy (non-hydrogen) atoms. The van der Waals surface area contributed by atoms with E-state index >= 15 is 0 Å². The van der Waals surface area contributed by atoms with E-state index in [1.165, 1.54) is 37.8 Å². The van der Waals surface area contributed by atoms with Crippen molar-refractivity contribution in [2.45, 2.75) is 51.1 Å². The summed E-state index contributed by atoms with van der Waals surface area (Å²) in [5.41, 5.74) is 4.21. The van der Waals surface area contributed by atoms with Gasteiger partial charge in [0.1, 0.15) is 6.07 Å². The third kappa shape index (κ3) is 2.70. The Morgan fingerprint density at radius 3 is 2.70 bits per heavy atom. The molecule has 3 nitrogen and oxygen atoms in total. The van der Waals surface area contributed by atoms with E-state index in [1.54, 1.807) is 0 Å². The van der Waals surface area contributed by atoms with Crippen LogP contribution in [-0.2, 0) is 0 Å². The summed E-state index contributed by atoms with van der Waals surface area (Å²) in [6.45, 7) is 3.26. The Hall–Kier alpha value is -2.18. The zero-order valence-electron chi connectivity index (χ0n) is 15.7. The Bertz CT molecular complexity index is 999. The fraction of sp³-hybridized carbons (Fsp3) is 0.435. The minimum Gasteiger partial charge on any atom is -0.363 e. The second kappa shape index (κ2) is 6.46. The van der Waals surface area contributed by atoms with Gasteiger partial charge in [-0.1, -0.05) is 23.8 Å². The molecular weight excluding hydrogens is 354 g/mol. The first kappa shape index (κ1) is 17.0. The van der Waals surface area contributed by atoms with Gasteiger partial charge in [-0.05, 0) is 69.2 Å². The zero-order valence-corrected chi connectivity index (χ0v) is 16.4. The molecule has 0 saturated heterocycles. The van der Waals surface area contributed by atoms with Crippen molar-refractivity contribution in [3.63, 3.8) is 0 Å². The Morgan fingerprint density at radius 2 is 2.04 bits per heavy atom. The summed E-state index contributed by atoms with van der Waals surface area (Å²) >= 11 is 6.30. The minimum atomic E-state index is 0.482. The highest BCUT2D eigenvalue weighted by Crippen LogP contribution is 2.44. The number of halogens is 1. The summed E-state index contributed by atoms with van der Waals surface area (Å²) in [5, 5.41) is 11.8. The summed E-state index contributed by atoms with van der Waals surface area (Å²) < 4.78 is 2.44. The molecule has 1 aromatic heterocycles. The molecule has 3 aliphatic rings. The van der Waals surface area contributed by atoms with Gasteiger partial charge in [-0.3, -0.25) is 0 Å². The molecule has 0 bridgehead atoms. The number of allylic oxidation sites excluding steroid dienone is 2. The van der Waals surface area contributed by atoms with E-state index in [-0.39, 0.29) is 0 Å². The van der Waals surface area contributed by atoms with Crippen molar-refractivity contribution in [2.75, 3.05) is 6.54 Å². The van der Waals surface area contributed by atoms with Crippen LogP contribution >= 0.6 is 11.6 Å². The molecule has 2 aromatic rings. The number of fused-ring (bicyclic) bond motifs is 1. The van der Waals surface area contributed by atoms with Crippen LogP contribution in [0.3, 0.4) is 0 Å². The van der Waals surface area contributed by atoms with E-state index in [2.05, 4.69) is 46.8 Å². The second-order valence-corrected chi connectivity index (χ2v) is 8.60. The molecule has 0 unspecified atom stereocenters. The number of nitriles is 1. The number of hydrogen-bond acceptors (Lipinski definition) is 2. The Balaban J connectivity index is 1.74. The number of rotatable bonds is 4. The molecule has 2 heterocycles. The maximum Gasteiger partial charge on any atom is 0.102 e. The average molecular weight is 378 g/mol. The van der Waals surface area contributed by atoms with Crippen molar-refractivity contribution in [3.8, 4) is 6.07 Å². The summed E-state index contributed by atoms with van der Waals surface area (Å²) in [4.78, 5) is 2.50. The molecule has 0 spiro atoms. The van der Waals surface area contributed by atoms with Gasteiger partial charge in [-0.15, -0.1) is 0 Å². The van der Waals surface area contributed by atoms with Crippen LogP contribution in [0.25, 0.3) is 16.6 Å². The maximum atomic E-state index is 10.1. The van der Waals surface area contributed by atoms with Gasteiger partial charge in [0.05, 0.1) is 22.5 Å². The predicted molar refractivity (Wildman–Crippen MR) is 111 cm³/mol. The molecule has 2 fully saturated rings. The number of benzene rings is 1. The predicted octanol–water partition coefficient (Wildman–Crippen LogP) is 5.90. The van der Waals surface area contributed by atoms with Gasteiger partial charge in [-0.2, -0.15) is 5.26 Å². The lowest BCUT2D eigenvalue weighted by molar-refractivity contribution is 0.293. The van der Waals surface area contributed by atoms with Gasteiger partial charge in [0.2, 0.25) is 0 Å². The third-order valence-electron chi connectivity index (χ3n) is 6.56. The molecule has 4 heteroatoms. The molecule has 0 amide bonds. The monoisotopic (exact) mass is 377 g/mol. The van der Waals surface area contributed by atoms with Crippen molar-refractivity contribution in [1.29, 1.82) is 5.26 Å². The molecule has 0 N–H and O–H groups in total. The summed E-state index contributed by atoms with van der Waals surface area (Å²) in [7, 11) is 0. The topological polar surface area (TPSA) is 32.0 Å². The standard InChI is InChI=1S/C23H24ClN3/c1-15(16-8-9-16)26-12-3-2-7-22(26)23-20(14-25)19-13-17(24)10-11-21(19)27(23)18-5-4-6-18/h2-3,7,10-11,13,15-16,18H,4-6,8-9,12H2,1H3/t15-/m0/s1. The molecule has 1 aliphatic heterocycles. The molecule has 1 aromatic carbocycles. The Morgan fingerprint density at radius 1 is 1.22 bits per heavy atom. The SMILES string of the molecule is C[C@@H](C1CC1)N1CC=CC=C1c1c(C#N)c2cc(Cl)ccc2n1C1CCC1. The molecule has 5 rings (SSSR count). The van der Waals surface area contributed by atoms with Crippen LogP contribution in [0.15, 0.2) is 36.4 Å². The van der Waals surface area contributed by atoms with Crippen molar-refractivity contribution < 1.29 is 0 Å². The van der Waals surface area contributed by atoms with Crippen LogP contribution in [0.5, 0.6) is 0 Å². The van der Waals surface area contributed by atoms with Crippen molar-refractivity contribution in [1.82, 2.24) is 9.47 Å². The molecular formula is C23H24ClN3. The maximum absolute atomic E-state index is 10.1. The van der Waals surface area contributed by atoms with Crippen molar-refractivity contribution in [3.05, 3.63) is 52.7 Å². The highest BCUT2D eigenvalue weighted by Gasteiger charge is 2.36. The largest absolute Gasteiger partial charge is 0.363 e. The first-order chi connectivity index (χ1) is 13.2. The first-order valence-corrected chi connectivity index (χ1v) is 10.4. The molecule has 1 atom stereocenters. The van der Waals surface area contributed by atoms with Crippen molar-refractivity contribution in [2.24, 2.45) is 5.92 Å². The van der Waals surface area contributed by atoms with E-state index in [1.807, 2.05) is 12.1 Å². The first-order valence-electron chi connectivity index (χ1n) is 10.1. The van der Waals surface area contributed by atoms with E-state index in [0.29, 0.717) is 17.1 Å². The van der Waals surface area contributed by atoms with Crippen LogP contribution in [0.4, 0.5) is 0 Å². The van der Waals surface area contributed by atoms with Gasteiger partial charge in [0.25, 0.3) is 0 Å². The molecule has 2 aliphatic carbocycles. The number of aromatic nitrogens is 1. The highest BCUT2D eigenvalue weighted by molar-refractivity contribution is 6.31. The summed E-state index contributed by atoms with van der Waals surface area (Å²) in [6.07, 6.45) is 12.8. The smallest absolute Gasteiger partial charge is 0.102 e. The normalized spacial score (nSPS) is 21.1. The summed E-state index contributed by atoms with van der Waals surface area (Å²) in [6, 6.07) is 9.51. The third-order valence-corrected chi connectivity index (χ3v) is 6.79. The highest BCUT2D eigenvalue weighted by atomic mass is 35.5. The van der Waals surface area contributed by atoms with Gasteiger partial charge in [0, 0.05) is 29.0 Å². The van der Waals surface area contributed by atoms with Gasteiger partial charge in [0.15, 0.2) is 0 Å². The second-order valence-electron chi connectivity index (χ2n) is 8.16. The fourth-order valence-corrected chi connectivity index (χ4v) is 4.81. The number of hydrogen-bond donors (Lipinski definition) is 0. The zero-order chi connectivity index (χ0) is 18.5. The van der Waals surface area contributed by atoms with Crippen LogP contribution in [0.1, 0.15) is 56.3 Å². The van der Waals surface area contributed by atoms with Crippen LogP contribution in [0.2, 0.25) is 5.02 Å². The van der Waals surface area contributed by atoms with Crippen LogP contribution in [0, 0.1) is 17.2 Å². The summed E-state index contributed by atoms with van der Waals surface area (Å²) in [5.74, 6) is 0.779. The molecule has 2 saturated carbocycles. The lowest BCUT2D eigenvalue weighted by Crippen LogP contribution is -2.36. The van der Waals surface area contributed by atoms with Crippen LogP contribution in [-0.4, -0.2) is 22.1 Å². The van der Waals surface area contributed by atoms with Gasteiger partial charge in [-0.25, -0.2) is 0 Å². The van der Waals surface area contributed by atoms with Gasteiger partial charge < -0.3 is 9.47 Å². The van der Waals surface area contributed by atoms with E-state index in [0.717, 1.165) is 34.6 Å². The molecule has 0 radical (unpaired) electrons.